The number of rotatable bonds is 1. The van der Waals surface area contributed by atoms with Gasteiger partial charge in [-0.15, -0.1) is 0 Å². The second kappa shape index (κ2) is 2.60. The van der Waals surface area contributed by atoms with Gasteiger partial charge >= 0.3 is 12.3 Å². The molecular formula is C6H7O4. The summed E-state index contributed by atoms with van der Waals surface area (Å²) in [7, 11) is 2.92. The number of carbonyl (C=O) groups excluding carboxylic acids is 1. The Morgan fingerprint density at radius 2 is 2.60 bits per heavy atom. The molecule has 1 rings (SSSR count). The molecule has 1 radical (unpaired) electrons. The lowest BCUT2D eigenvalue weighted by Crippen LogP contribution is -2.22. The van der Waals surface area contributed by atoms with Crippen molar-refractivity contribution in [3.63, 3.8) is 0 Å². The molecule has 1 aliphatic rings. The van der Waals surface area contributed by atoms with Crippen molar-refractivity contribution >= 4 is 5.97 Å². The molecule has 10 heavy (non-hydrogen) atoms. The lowest BCUT2D eigenvalue weighted by molar-refractivity contribution is -0.164. The molecule has 0 fully saturated rings. The first-order chi connectivity index (χ1) is 4.74. The summed E-state index contributed by atoms with van der Waals surface area (Å²) < 4.78 is 13.7. The van der Waals surface area contributed by atoms with Crippen LogP contribution in [0.5, 0.6) is 0 Å². The van der Waals surface area contributed by atoms with Gasteiger partial charge in [-0.2, -0.15) is 0 Å². The molecule has 0 aliphatic carbocycles. The fourth-order valence-corrected chi connectivity index (χ4v) is 0.554. The second-order valence-electron chi connectivity index (χ2n) is 1.78. The number of hydrogen-bond donors (Lipinski definition) is 0. The highest BCUT2D eigenvalue weighted by Crippen LogP contribution is 2.13. The van der Waals surface area contributed by atoms with E-state index >= 15 is 0 Å². The molecule has 0 bridgehead atoms. The summed E-state index contributed by atoms with van der Waals surface area (Å²) in [5, 5.41) is 0. The van der Waals surface area contributed by atoms with E-state index in [-0.39, 0.29) is 0 Å². The van der Waals surface area contributed by atoms with Crippen LogP contribution in [0.15, 0.2) is 12.0 Å². The van der Waals surface area contributed by atoms with Crippen LogP contribution in [0, 0.1) is 7.11 Å². The molecule has 1 atom stereocenters. The van der Waals surface area contributed by atoms with E-state index < -0.39 is 12.3 Å². The van der Waals surface area contributed by atoms with Gasteiger partial charge in [0.15, 0.2) is 0 Å². The van der Waals surface area contributed by atoms with Crippen molar-refractivity contribution in [1.82, 2.24) is 0 Å². The van der Waals surface area contributed by atoms with Crippen LogP contribution in [-0.2, 0) is 19.0 Å². The molecule has 0 aromatic heterocycles. The number of esters is 1. The minimum atomic E-state index is -0.961. The Morgan fingerprint density at radius 1 is 1.90 bits per heavy atom. The number of hydrogen-bond acceptors (Lipinski definition) is 4. The summed E-state index contributed by atoms with van der Waals surface area (Å²) in [6.07, 6.45) is 0.388. The minimum Gasteiger partial charge on any atom is -0.457 e. The van der Waals surface area contributed by atoms with E-state index in [1.54, 1.807) is 6.92 Å². The maximum absolute atomic E-state index is 10.6. The van der Waals surface area contributed by atoms with Gasteiger partial charge in [0.2, 0.25) is 0 Å². The molecule has 0 N–H and O–H groups in total. The molecule has 0 spiro atoms. The number of carbonyl (C=O) groups is 1. The Hall–Kier alpha value is -1.19. The van der Waals surface area contributed by atoms with Crippen molar-refractivity contribution < 1.29 is 19.0 Å². The zero-order chi connectivity index (χ0) is 7.56. The Bertz CT molecular complexity index is 173. The molecule has 0 aromatic carbocycles. The van der Waals surface area contributed by atoms with E-state index in [9.17, 15) is 4.79 Å². The second-order valence-corrected chi connectivity index (χ2v) is 1.78. The normalized spacial score (nSPS) is 22.6. The minimum absolute atomic E-state index is 0.551. The maximum Gasteiger partial charge on any atom is 0.389 e. The van der Waals surface area contributed by atoms with Gasteiger partial charge < -0.3 is 14.2 Å². The van der Waals surface area contributed by atoms with Gasteiger partial charge in [-0.05, 0) is 6.92 Å². The third kappa shape index (κ3) is 1.21. The highest BCUT2D eigenvalue weighted by molar-refractivity contribution is 5.73. The van der Waals surface area contributed by atoms with Gasteiger partial charge in [0.1, 0.15) is 19.1 Å². The van der Waals surface area contributed by atoms with E-state index in [1.165, 1.54) is 6.26 Å². The average Bonchev–Trinajstić information content (AvgIpc) is 2.34. The smallest absolute Gasteiger partial charge is 0.389 e. The lowest BCUT2D eigenvalue weighted by Gasteiger charge is -2.06. The molecular weight excluding hydrogens is 136 g/mol. The first-order valence-electron chi connectivity index (χ1n) is 2.69. The topological polar surface area (TPSA) is 44.8 Å². The molecule has 1 unspecified atom stereocenters. The van der Waals surface area contributed by atoms with Crippen molar-refractivity contribution in [2.24, 2.45) is 0 Å². The van der Waals surface area contributed by atoms with Gasteiger partial charge in [-0.3, -0.25) is 0 Å². The van der Waals surface area contributed by atoms with Gasteiger partial charge in [-0.1, -0.05) is 0 Å². The highest BCUT2D eigenvalue weighted by Gasteiger charge is 2.25. The standard InChI is InChI=1S/C6H7O4/c1-4-3-9-6(10-4)5(7)8-2/h3,6H,2H2,1H3. The first-order valence-corrected chi connectivity index (χ1v) is 2.69. The van der Waals surface area contributed by atoms with E-state index in [1.807, 2.05) is 0 Å². The van der Waals surface area contributed by atoms with Crippen LogP contribution in [0.25, 0.3) is 0 Å². The third-order valence-corrected chi connectivity index (χ3v) is 0.985. The van der Waals surface area contributed by atoms with Crippen molar-refractivity contribution in [3.05, 3.63) is 19.1 Å². The SMILES string of the molecule is [CH2]OC(=O)C1OC=C(C)O1. The van der Waals surface area contributed by atoms with Crippen molar-refractivity contribution in [3.8, 4) is 0 Å². The molecule has 1 heterocycles. The predicted octanol–water partition coefficient (Wildman–Crippen LogP) is 0.555. The largest absolute Gasteiger partial charge is 0.457 e. The lowest BCUT2D eigenvalue weighted by atomic mass is 10.6. The summed E-state index contributed by atoms with van der Waals surface area (Å²) in [5.41, 5.74) is 0. The fraction of sp³-hybridized carbons (Fsp3) is 0.333. The van der Waals surface area contributed by atoms with Crippen LogP contribution in [0.2, 0.25) is 0 Å². The molecule has 0 saturated carbocycles. The summed E-state index contributed by atoms with van der Waals surface area (Å²) in [6.45, 7) is 1.68. The quantitative estimate of drug-likeness (QED) is 0.503. The van der Waals surface area contributed by atoms with E-state index in [0.29, 0.717) is 5.76 Å². The van der Waals surface area contributed by atoms with Crippen LogP contribution in [0.4, 0.5) is 0 Å². The van der Waals surface area contributed by atoms with Gasteiger partial charge in [-0.25, -0.2) is 4.79 Å². The highest BCUT2D eigenvalue weighted by atomic mass is 16.7. The van der Waals surface area contributed by atoms with E-state index in [4.69, 9.17) is 9.47 Å². The molecule has 55 valence electrons. The molecule has 4 heteroatoms. The fourth-order valence-electron chi connectivity index (χ4n) is 0.554. The predicted molar refractivity (Wildman–Crippen MR) is 31.2 cm³/mol. The monoisotopic (exact) mass is 143 g/mol. The van der Waals surface area contributed by atoms with E-state index in [2.05, 4.69) is 11.8 Å². The Morgan fingerprint density at radius 3 is 3.00 bits per heavy atom. The van der Waals surface area contributed by atoms with Gasteiger partial charge in [0.05, 0.1) is 0 Å². The van der Waals surface area contributed by atoms with Crippen molar-refractivity contribution in [1.29, 1.82) is 0 Å². The van der Waals surface area contributed by atoms with E-state index in [0.717, 1.165) is 0 Å². The summed E-state index contributed by atoms with van der Waals surface area (Å²) >= 11 is 0. The molecule has 0 amide bonds. The first kappa shape index (κ1) is 6.92. The van der Waals surface area contributed by atoms with Crippen molar-refractivity contribution in [2.45, 2.75) is 13.2 Å². The van der Waals surface area contributed by atoms with Gasteiger partial charge in [0, 0.05) is 0 Å². The molecule has 4 nitrogen and oxygen atoms in total. The van der Waals surface area contributed by atoms with Crippen LogP contribution in [-0.4, -0.2) is 12.3 Å². The van der Waals surface area contributed by atoms with Crippen LogP contribution in [0.3, 0.4) is 0 Å². The summed E-state index contributed by atoms with van der Waals surface area (Å²) in [4.78, 5) is 10.6. The molecule has 1 aliphatic heterocycles. The van der Waals surface area contributed by atoms with Crippen LogP contribution < -0.4 is 0 Å². The summed E-state index contributed by atoms with van der Waals surface area (Å²) in [6, 6.07) is 0. The Kier molecular flexibility index (Phi) is 1.80. The molecule has 0 saturated heterocycles. The number of allylic oxidation sites excluding steroid dienone is 1. The van der Waals surface area contributed by atoms with Crippen molar-refractivity contribution in [2.75, 3.05) is 0 Å². The Balaban J connectivity index is 2.42. The van der Waals surface area contributed by atoms with Crippen LogP contribution >= 0.6 is 0 Å². The molecule has 0 aromatic rings. The van der Waals surface area contributed by atoms with Gasteiger partial charge in [0.25, 0.3) is 0 Å². The van der Waals surface area contributed by atoms with Crippen LogP contribution in [0.1, 0.15) is 6.92 Å². The third-order valence-electron chi connectivity index (χ3n) is 0.985. The Labute approximate surface area is 58.4 Å². The maximum atomic E-state index is 10.6. The zero-order valence-electron chi connectivity index (χ0n) is 5.49. The average molecular weight is 143 g/mol. The summed E-state index contributed by atoms with van der Waals surface area (Å²) in [5.74, 6) is -0.0801. The number of ether oxygens (including phenoxy) is 3. The zero-order valence-corrected chi connectivity index (χ0v) is 5.49.